The van der Waals surface area contributed by atoms with Crippen molar-refractivity contribution in [3.63, 3.8) is 0 Å². The molecule has 46 heavy (non-hydrogen) atoms. The lowest BCUT2D eigenvalue weighted by molar-refractivity contribution is 0.588. The molecule has 0 N–H and O–H groups in total. The Bertz CT molecular complexity index is 2280. The molecule has 1 aliphatic rings. The lowest BCUT2D eigenvalue weighted by atomic mass is 10.0. The van der Waals surface area contributed by atoms with Crippen LogP contribution in [-0.2, 0) is 11.4 Å². The van der Waals surface area contributed by atoms with Gasteiger partial charge in [0, 0.05) is 11.1 Å². The van der Waals surface area contributed by atoms with Gasteiger partial charge in [0.2, 0.25) is 11.8 Å². The third-order valence-electron chi connectivity index (χ3n) is 7.92. The SMILES string of the molecule is c1ccc(-c2ccc(-c3cnc(-c4c5c(c(-c6ncc(-c7ccc(-c8ccccc8)cc7)o6)c6nsnc46)N=S=N5)o3)cc2)cc1. The minimum Gasteiger partial charge on any atom is -0.436 e. The number of hydrogen-bond acceptors (Lipinski definition) is 9. The van der Waals surface area contributed by atoms with Crippen LogP contribution in [0.1, 0.15) is 0 Å². The van der Waals surface area contributed by atoms with Crippen LogP contribution in [0.5, 0.6) is 0 Å². The lowest BCUT2D eigenvalue weighted by Crippen LogP contribution is -1.88. The van der Waals surface area contributed by atoms with E-state index in [-0.39, 0.29) is 0 Å². The van der Waals surface area contributed by atoms with Crippen LogP contribution in [0.2, 0.25) is 0 Å². The van der Waals surface area contributed by atoms with E-state index in [1.54, 1.807) is 12.4 Å². The van der Waals surface area contributed by atoms with Crippen molar-refractivity contribution >= 4 is 45.5 Å². The standard InChI is InChI=1S/C36H20N6O2S2/c1-3-7-21(8-4-1)23-11-15-25(16-12-23)27-19-37-35(43-27)29-31-33(41-45-39-31)30(34-32(29)40-46-42-34)36-38-20-28(44-36)26-17-13-24(14-18-26)22-9-5-2-6-10-22/h1-20H. The highest BCUT2D eigenvalue weighted by atomic mass is 32.1. The first kappa shape index (κ1) is 26.6. The number of nitrogens with zero attached hydrogens (tertiary/aromatic N) is 6. The van der Waals surface area contributed by atoms with Gasteiger partial charge in [-0.15, -0.1) is 0 Å². The van der Waals surface area contributed by atoms with Crippen molar-refractivity contribution in [1.82, 2.24) is 18.7 Å². The topological polar surface area (TPSA) is 103 Å². The second-order valence-corrected chi connectivity index (χ2v) is 11.7. The van der Waals surface area contributed by atoms with Crippen LogP contribution in [0.25, 0.3) is 78.8 Å². The highest BCUT2D eigenvalue weighted by Crippen LogP contribution is 2.52. The first-order chi connectivity index (χ1) is 22.8. The summed E-state index contributed by atoms with van der Waals surface area (Å²) in [7, 11) is 0. The van der Waals surface area contributed by atoms with Gasteiger partial charge in [-0.3, -0.25) is 0 Å². The number of rotatable bonds is 6. The normalized spacial score (nSPS) is 12.0. The third kappa shape index (κ3) is 4.50. The maximum absolute atomic E-state index is 6.33. The summed E-state index contributed by atoms with van der Waals surface area (Å²) in [4.78, 5) is 9.29. The first-order valence-electron chi connectivity index (χ1n) is 14.4. The zero-order chi connectivity index (χ0) is 30.5. The summed E-state index contributed by atoms with van der Waals surface area (Å²) in [5.41, 5.74) is 10.1. The van der Waals surface area contributed by atoms with E-state index in [0.717, 1.165) is 56.5 Å². The summed E-state index contributed by atoms with van der Waals surface area (Å²) >= 11 is 2.20. The fraction of sp³-hybridized carbons (Fsp3) is 0. The molecule has 0 radical (unpaired) electrons. The number of fused-ring (bicyclic) bond motifs is 2. The molecule has 9 rings (SSSR count). The van der Waals surface area contributed by atoms with Gasteiger partial charge in [-0.05, 0) is 22.3 Å². The van der Waals surface area contributed by atoms with Crippen LogP contribution in [-0.4, -0.2) is 18.7 Å². The van der Waals surface area contributed by atoms with Crippen molar-refractivity contribution < 1.29 is 8.83 Å². The van der Waals surface area contributed by atoms with E-state index in [1.165, 1.54) is 0 Å². The van der Waals surface area contributed by atoms with Gasteiger partial charge in [0.1, 0.15) is 22.4 Å². The molecule has 0 spiro atoms. The van der Waals surface area contributed by atoms with Crippen molar-refractivity contribution in [1.29, 1.82) is 0 Å². The summed E-state index contributed by atoms with van der Waals surface area (Å²) in [5.74, 6) is 2.08. The molecule has 1 aliphatic heterocycles. The molecular weight excluding hydrogens is 613 g/mol. The van der Waals surface area contributed by atoms with E-state index >= 15 is 0 Å². The molecular formula is C36H20N6O2S2. The highest BCUT2D eigenvalue weighted by Gasteiger charge is 2.30. The predicted octanol–water partition coefficient (Wildman–Crippen LogP) is 10.4. The van der Waals surface area contributed by atoms with Crippen molar-refractivity contribution in [2.45, 2.75) is 0 Å². The van der Waals surface area contributed by atoms with Gasteiger partial charge in [0.05, 0.1) is 46.6 Å². The zero-order valence-electron chi connectivity index (χ0n) is 23.9. The maximum atomic E-state index is 6.33. The molecule has 218 valence electrons. The molecule has 0 saturated carbocycles. The quantitative estimate of drug-likeness (QED) is 0.181. The Kier molecular flexibility index (Phi) is 6.32. The Morgan fingerprint density at radius 2 is 0.826 bits per heavy atom. The molecule has 0 aliphatic carbocycles. The first-order valence-corrected chi connectivity index (χ1v) is 15.9. The van der Waals surface area contributed by atoms with E-state index in [2.05, 4.69) is 76.0 Å². The van der Waals surface area contributed by atoms with Gasteiger partial charge in [-0.25, -0.2) is 9.97 Å². The van der Waals surface area contributed by atoms with Crippen molar-refractivity contribution in [2.24, 2.45) is 8.73 Å². The van der Waals surface area contributed by atoms with Crippen molar-refractivity contribution in [3.8, 4) is 67.8 Å². The molecule has 0 atom stereocenters. The summed E-state index contributed by atoms with van der Waals surface area (Å²) in [6.45, 7) is 0. The fourth-order valence-corrected chi connectivity index (χ4v) is 6.74. The zero-order valence-corrected chi connectivity index (χ0v) is 25.5. The van der Waals surface area contributed by atoms with Crippen LogP contribution < -0.4 is 0 Å². The molecule has 0 unspecified atom stereocenters. The average Bonchev–Trinajstić information content (AvgIpc) is 3.96. The predicted molar refractivity (Wildman–Crippen MR) is 182 cm³/mol. The van der Waals surface area contributed by atoms with Crippen molar-refractivity contribution in [3.05, 3.63) is 122 Å². The van der Waals surface area contributed by atoms with E-state index < -0.39 is 0 Å². The summed E-state index contributed by atoms with van der Waals surface area (Å²) in [6.07, 6.45) is 3.45. The Balaban J connectivity index is 1.07. The van der Waals surface area contributed by atoms with Gasteiger partial charge < -0.3 is 8.83 Å². The van der Waals surface area contributed by atoms with E-state index in [4.69, 9.17) is 8.83 Å². The number of benzene rings is 5. The van der Waals surface area contributed by atoms with E-state index in [9.17, 15) is 0 Å². The van der Waals surface area contributed by atoms with E-state index in [0.29, 0.717) is 56.8 Å². The molecule has 5 aromatic carbocycles. The smallest absolute Gasteiger partial charge is 0.231 e. The Morgan fingerprint density at radius 3 is 1.26 bits per heavy atom. The largest absolute Gasteiger partial charge is 0.436 e. The van der Waals surface area contributed by atoms with Gasteiger partial charge in [-0.2, -0.15) is 17.5 Å². The molecule has 0 saturated heterocycles. The van der Waals surface area contributed by atoms with Gasteiger partial charge >= 0.3 is 0 Å². The Labute approximate surface area is 270 Å². The van der Waals surface area contributed by atoms with Crippen LogP contribution in [0.4, 0.5) is 11.4 Å². The molecule has 3 aromatic heterocycles. The Hall–Kier alpha value is -5.84. The Morgan fingerprint density at radius 1 is 0.435 bits per heavy atom. The summed E-state index contributed by atoms with van der Waals surface area (Å²) < 4.78 is 31.2. The van der Waals surface area contributed by atoms with Crippen LogP contribution >= 0.6 is 11.7 Å². The van der Waals surface area contributed by atoms with Gasteiger partial charge in [0.15, 0.2) is 11.5 Å². The molecule has 8 aromatic rings. The molecule has 0 fully saturated rings. The van der Waals surface area contributed by atoms with Gasteiger partial charge in [-0.1, -0.05) is 109 Å². The van der Waals surface area contributed by atoms with Crippen LogP contribution in [0.15, 0.2) is 139 Å². The third-order valence-corrected chi connectivity index (χ3v) is 8.97. The molecule has 10 heteroatoms. The minimum atomic E-state index is 0.399. The summed E-state index contributed by atoms with van der Waals surface area (Å²) in [6, 6.07) is 37.0. The second-order valence-electron chi connectivity index (χ2n) is 10.6. The van der Waals surface area contributed by atoms with Crippen LogP contribution in [0, 0.1) is 0 Å². The average molecular weight is 633 g/mol. The fourth-order valence-electron chi connectivity index (χ4n) is 5.62. The number of aromatic nitrogens is 4. The molecule has 8 nitrogen and oxygen atoms in total. The second kappa shape index (κ2) is 11.0. The lowest BCUT2D eigenvalue weighted by Gasteiger charge is -2.07. The minimum absolute atomic E-state index is 0.399. The van der Waals surface area contributed by atoms with Crippen LogP contribution in [0.3, 0.4) is 0 Å². The highest BCUT2D eigenvalue weighted by molar-refractivity contribution is 7.58. The maximum Gasteiger partial charge on any atom is 0.231 e. The van der Waals surface area contributed by atoms with E-state index in [1.807, 2.05) is 60.7 Å². The molecule has 0 amide bonds. The summed E-state index contributed by atoms with van der Waals surface area (Å²) in [5, 5.41) is 0. The number of oxazole rings is 2. The monoisotopic (exact) mass is 632 g/mol. The number of hydrogen-bond donors (Lipinski definition) is 0. The van der Waals surface area contributed by atoms with Crippen molar-refractivity contribution in [2.75, 3.05) is 0 Å². The molecule has 4 heterocycles. The van der Waals surface area contributed by atoms with Gasteiger partial charge in [0.25, 0.3) is 0 Å². The molecule has 0 bridgehead atoms.